The molecule has 0 spiro atoms. The van der Waals surface area contributed by atoms with E-state index in [0.29, 0.717) is 12.1 Å². The number of piperazine rings is 1. The third-order valence-corrected chi connectivity index (χ3v) is 3.82. The largest absolute Gasteiger partial charge is 0.387 e. The van der Waals surface area contributed by atoms with Crippen LogP contribution in [0.2, 0.25) is 0 Å². The van der Waals surface area contributed by atoms with Crippen molar-refractivity contribution in [3.05, 3.63) is 29.8 Å². The minimum absolute atomic E-state index is 0.368. The van der Waals surface area contributed by atoms with Crippen molar-refractivity contribution in [1.29, 1.82) is 0 Å². The Balaban J connectivity index is 1.71. The highest BCUT2D eigenvalue weighted by atomic mass is 19.1. The quantitative estimate of drug-likeness (QED) is 0.861. The molecule has 0 amide bonds. The molecule has 0 radical (unpaired) electrons. The SMILES string of the molecule is CCCN1CCN(CCC(O)c2ccc(F)cn2)CC1. The lowest BCUT2D eigenvalue weighted by Gasteiger charge is -2.34. The molecule has 112 valence electrons. The van der Waals surface area contributed by atoms with Gasteiger partial charge >= 0.3 is 0 Å². The number of aliphatic hydroxyl groups excluding tert-OH is 1. The van der Waals surface area contributed by atoms with E-state index in [1.807, 2.05) is 0 Å². The Bertz CT molecular complexity index is 391. The summed E-state index contributed by atoms with van der Waals surface area (Å²) in [6, 6.07) is 2.90. The molecule has 1 saturated heterocycles. The molecule has 0 aromatic carbocycles. The molecule has 1 unspecified atom stereocenters. The Morgan fingerprint density at radius 2 is 1.85 bits per heavy atom. The molecule has 2 heterocycles. The van der Waals surface area contributed by atoms with Crippen molar-refractivity contribution in [1.82, 2.24) is 14.8 Å². The first-order valence-corrected chi connectivity index (χ1v) is 7.43. The number of aromatic nitrogens is 1. The highest BCUT2D eigenvalue weighted by molar-refractivity contribution is 5.07. The van der Waals surface area contributed by atoms with Gasteiger partial charge in [-0.25, -0.2) is 4.39 Å². The number of hydrogen-bond acceptors (Lipinski definition) is 4. The minimum Gasteiger partial charge on any atom is -0.387 e. The standard InChI is InChI=1S/C15H24FN3O/c1-2-6-18-8-10-19(11-9-18)7-5-15(20)14-4-3-13(16)12-17-14/h3-4,12,15,20H,2,5-11H2,1H3. The summed E-state index contributed by atoms with van der Waals surface area (Å²) in [7, 11) is 0. The number of rotatable bonds is 6. The van der Waals surface area contributed by atoms with Crippen LogP contribution in [0.25, 0.3) is 0 Å². The lowest BCUT2D eigenvalue weighted by molar-refractivity contribution is 0.101. The Morgan fingerprint density at radius 1 is 1.20 bits per heavy atom. The normalized spacial score (nSPS) is 19.1. The van der Waals surface area contributed by atoms with Crippen LogP contribution in [0, 0.1) is 5.82 Å². The fraction of sp³-hybridized carbons (Fsp3) is 0.667. The predicted molar refractivity (Wildman–Crippen MR) is 76.9 cm³/mol. The number of hydrogen-bond donors (Lipinski definition) is 1. The molecule has 1 atom stereocenters. The summed E-state index contributed by atoms with van der Waals surface area (Å²) in [6.45, 7) is 8.58. The van der Waals surface area contributed by atoms with E-state index in [-0.39, 0.29) is 5.82 Å². The molecule has 20 heavy (non-hydrogen) atoms. The third-order valence-electron chi connectivity index (χ3n) is 3.82. The van der Waals surface area contributed by atoms with E-state index in [2.05, 4.69) is 21.7 Å². The van der Waals surface area contributed by atoms with Gasteiger partial charge in [-0.2, -0.15) is 0 Å². The molecule has 1 N–H and O–H groups in total. The van der Waals surface area contributed by atoms with Crippen molar-refractivity contribution >= 4 is 0 Å². The van der Waals surface area contributed by atoms with Crippen molar-refractivity contribution in [2.45, 2.75) is 25.9 Å². The predicted octanol–water partition coefficient (Wildman–Crippen LogP) is 1.67. The molecule has 1 aromatic heterocycles. The van der Waals surface area contributed by atoms with Crippen LogP contribution in [0.3, 0.4) is 0 Å². The summed E-state index contributed by atoms with van der Waals surface area (Å²) in [5.41, 5.74) is 0.552. The third kappa shape index (κ3) is 4.51. The average Bonchev–Trinajstić information content (AvgIpc) is 2.47. The van der Waals surface area contributed by atoms with Crippen LogP contribution in [0.4, 0.5) is 4.39 Å². The van der Waals surface area contributed by atoms with Crippen LogP contribution in [-0.2, 0) is 0 Å². The smallest absolute Gasteiger partial charge is 0.141 e. The second kappa shape index (κ2) is 7.67. The second-order valence-corrected chi connectivity index (χ2v) is 5.39. The summed E-state index contributed by atoms with van der Waals surface area (Å²) in [4.78, 5) is 8.78. The highest BCUT2D eigenvalue weighted by Gasteiger charge is 2.17. The van der Waals surface area contributed by atoms with Gasteiger partial charge in [0.05, 0.1) is 18.0 Å². The maximum atomic E-state index is 12.8. The lowest BCUT2D eigenvalue weighted by atomic mass is 10.1. The number of pyridine rings is 1. The minimum atomic E-state index is -0.607. The summed E-state index contributed by atoms with van der Waals surface area (Å²) < 4.78 is 12.8. The first-order valence-electron chi connectivity index (χ1n) is 7.43. The lowest BCUT2D eigenvalue weighted by Crippen LogP contribution is -2.46. The molecule has 0 bridgehead atoms. The van der Waals surface area contributed by atoms with Crippen LogP contribution >= 0.6 is 0 Å². The first-order chi connectivity index (χ1) is 9.69. The topological polar surface area (TPSA) is 39.6 Å². The van der Waals surface area contributed by atoms with Gasteiger partial charge < -0.3 is 14.9 Å². The van der Waals surface area contributed by atoms with E-state index >= 15 is 0 Å². The fourth-order valence-electron chi connectivity index (χ4n) is 2.59. The van der Waals surface area contributed by atoms with Crippen molar-refractivity contribution in [2.75, 3.05) is 39.3 Å². The van der Waals surface area contributed by atoms with Crippen molar-refractivity contribution in [2.24, 2.45) is 0 Å². The van der Waals surface area contributed by atoms with Gasteiger partial charge in [-0.1, -0.05) is 6.92 Å². The number of nitrogens with zero attached hydrogens (tertiary/aromatic N) is 3. The fourth-order valence-corrected chi connectivity index (χ4v) is 2.59. The van der Waals surface area contributed by atoms with E-state index in [9.17, 15) is 9.50 Å². The zero-order valence-electron chi connectivity index (χ0n) is 12.1. The maximum absolute atomic E-state index is 12.8. The van der Waals surface area contributed by atoms with Crippen LogP contribution in [-0.4, -0.2) is 59.2 Å². The van der Waals surface area contributed by atoms with Gasteiger partial charge in [-0.05, 0) is 31.5 Å². The Labute approximate surface area is 120 Å². The molecule has 2 rings (SSSR count). The maximum Gasteiger partial charge on any atom is 0.141 e. The van der Waals surface area contributed by atoms with E-state index in [1.165, 1.54) is 19.0 Å². The summed E-state index contributed by atoms with van der Waals surface area (Å²) in [6.07, 6.45) is 2.40. The van der Waals surface area contributed by atoms with Gasteiger partial charge in [0.15, 0.2) is 0 Å². The van der Waals surface area contributed by atoms with Crippen molar-refractivity contribution < 1.29 is 9.50 Å². The molecule has 1 aromatic rings. The molecule has 0 aliphatic carbocycles. The molecular weight excluding hydrogens is 257 g/mol. The summed E-state index contributed by atoms with van der Waals surface area (Å²) in [5, 5.41) is 10.1. The monoisotopic (exact) mass is 281 g/mol. The van der Waals surface area contributed by atoms with Gasteiger partial charge in [0.1, 0.15) is 5.82 Å². The zero-order chi connectivity index (χ0) is 14.4. The summed E-state index contributed by atoms with van der Waals surface area (Å²) in [5.74, 6) is -0.368. The van der Waals surface area contributed by atoms with Gasteiger partial charge in [-0.15, -0.1) is 0 Å². The van der Waals surface area contributed by atoms with Gasteiger partial charge in [0.2, 0.25) is 0 Å². The molecule has 1 aliphatic rings. The molecule has 5 heteroatoms. The van der Waals surface area contributed by atoms with Crippen molar-refractivity contribution in [3.8, 4) is 0 Å². The van der Waals surface area contributed by atoms with Gasteiger partial charge in [0, 0.05) is 32.7 Å². The average molecular weight is 281 g/mol. The second-order valence-electron chi connectivity index (χ2n) is 5.39. The molecule has 1 aliphatic heterocycles. The van der Waals surface area contributed by atoms with Crippen LogP contribution < -0.4 is 0 Å². The number of halogens is 1. The van der Waals surface area contributed by atoms with E-state index in [0.717, 1.165) is 38.9 Å². The number of aliphatic hydroxyl groups is 1. The van der Waals surface area contributed by atoms with E-state index in [4.69, 9.17) is 0 Å². The van der Waals surface area contributed by atoms with Crippen LogP contribution in [0.5, 0.6) is 0 Å². The molecule has 4 nitrogen and oxygen atoms in total. The van der Waals surface area contributed by atoms with E-state index < -0.39 is 6.10 Å². The van der Waals surface area contributed by atoms with Gasteiger partial charge in [0.25, 0.3) is 0 Å². The van der Waals surface area contributed by atoms with Crippen LogP contribution in [0.15, 0.2) is 18.3 Å². The summed E-state index contributed by atoms with van der Waals surface area (Å²) >= 11 is 0. The molecular formula is C15H24FN3O. The van der Waals surface area contributed by atoms with Crippen LogP contribution in [0.1, 0.15) is 31.6 Å². The Kier molecular flexibility index (Phi) is 5.88. The molecule has 0 saturated carbocycles. The highest BCUT2D eigenvalue weighted by Crippen LogP contribution is 2.15. The Hall–Kier alpha value is -1.04. The van der Waals surface area contributed by atoms with E-state index in [1.54, 1.807) is 6.07 Å². The Morgan fingerprint density at radius 3 is 2.40 bits per heavy atom. The zero-order valence-corrected chi connectivity index (χ0v) is 12.1. The van der Waals surface area contributed by atoms with Gasteiger partial charge in [-0.3, -0.25) is 4.98 Å². The first kappa shape index (κ1) is 15.4. The molecule has 1 fully saturated rings. The van der Waals surface area contributed by atoms with Crippen molar-refractivity contribution in [3.63, 3.8) is 0 Å².